The zero-order chi connectivity index (χ0) is 24.6. The van der Waals surface area contributed by atoms with Crippen LogP contribution in [0, 0.1) is 5.92 Å². The number of primary amides is 1. The highest BCUT2D eigenvalue weighted by molar-refractivity contribution is 6.42. The molecule has 0 spiro atoms. The molecule has 0 saturated carbocycles. The number of benzene rings is 3. The van der Waals surface area contributed by atoms with Crippen LogP contribution in [0.25, 0.3) is 0 Å². The van der Waals surface area contributed by atoms with Crippen molar-refractivity contribution in [3.8, 4) is 0 Å². The van der Waals surface area contributed by atoms with Crippen LogP contribution in [0.3, 0.4) is 0 Å². The summed E-state index contributed by atoms with van der Waals surface area (Å²) < 4.78 is 0. The largest absolute Gasteiger partial charge is 0.369 e. The quantitative estimate of drug-likeness (QED) is 0.317. The molecular weight excluding hydrogens is 475 g/mol. The second kappa shape index (κ2) is 12.6. The zero-order valence-electron chi connectivity index (χ0n) is 20.1. The lowest BCUT2D eigenvalue weighted by Crippen LogP contribution is -2.35. The van der Waals surface area contributed by atoms with E-state index in [1.807, 2.05) is 48.5 Å². The van der Waals surface area contributed by atoms with E-state index in [4.69, 9.17) is 28.9 Å². The first-order chi connectivity index (χ1) is 17.0. The summed E-state index contributed by atoms with van der Waals surface area (Å²) in [6.07, 6.45) is 5.21. The van der Waals surface area contributed by atoms with Crippen LogP contribution in [-0.4, -0.2) is 30.4 Å². The summed E-state index contributed by atoms with van der Waals surface area (Å²) in [6, 6.07) is 26.5. The number of halogens is 2. The van der Waals surface area contributed by atoms with Crippen molar-refractivity contribution in [1.29, 1.82) is 0 Å². The predicted octanol–water partition coefficient (Wildman–Crippen LogP) is 7.08. The molecule has 0 bridgehead atoms. The molecule has 35 heavy (non-hydrogen) atoms. The molecule has 2 unspecified atom stereocenters. The maximum Gasteiger partial charge on any atom is 0.224 e. The summed E-state index contributed by atoms with van der Waals surface area (Å²) >= 11 is 12.6. The highest BCUT2D eigenvalue weighted by atomic mass is 35.5. The van der Waals surface area contributed by atoms with Gasteiger partial charge in [0.05, 0.1) is 16.0 Å². The second-order valence-electron chi connectivity index (χ2n) is 9.74. The van der Waals surface area contributed by atoms with E-state index in [1.54, 1.807) is 0 Å². The maximum atomic E-state index is 12.4. The Balaban J connectivity index is 1.41. The van der Waals surface area contributed by atoms with Crippen molar-refractivity contribution in [2.75, 3.05) is 19.6 Å². The Labute approximate surface area is 219 Å². The summed E-state index contributed by atoms with van der Waals surface area (Å²) in [5, 5.41) is 1.09. The fraction of sp³-hybridized carbons (Fsp3) is 0.367. The Morgan fingerprint density at radius 3 is 2.17 bits per heavy atom. The van der Waals surface area contributed by atoms with Crippen LogP contribution in [0.4, 0.5) is 0 Å². The third kappa shape index (κ3) is 7.33. The van der Waals surface area contributed by atoms with Crippen molar-refractivity contribution < 1.29 is 4.79 Å². The van der Waals surface area contributed by atoms with E-state index in [9.17, 15) is 4.79 Å². The molecule has 2 N–H and O–H groups in total. The molecule has 0 aromatic heterocycles. The van der Waals surface area contributed by atoms with Gasteiger partial charge in [-0.1, -0.05) is 89.9 Å². The molecule has 2 atom stereocenters. The Morgan fingerprint density at radius 2 is 1.54 bits per heavy atom. The Kier molecular flexibility index (Phi) is 9.25. The number of carbonyl (C=O) groups excluding carboxylic acids is 1. The van der Waals surface area contributed by atoms with Crippen molar-refractivity contribution >= 4 is 29.1 Å². The van der Waals surface area contributed by atoms with Gasteiger partial charge in [-0.25, -0.2) is 0 Å². The smallest absolute Gasteiger partial charge is 0.224 e. The molecule has 0 radical (unpaired) electrons. The fourth-order valence-electron chi connectivity index (χ4n) is 5.27. The van der Waals surface area contributed by atoms with Crippen molar-refractivity contribution in [3.05, 3.63) is 106 Å². The van der Waals surface area contributed by atoms with E-state index >= 15 is 0 Å². The summed E-state index contributed by atoms with van der Waals surface area (Å²) in [4.78, 5) is 15.0. The molecule has 0 aliphatic carbocycles. The number of rotatable bonds is 10. The maximum absolute atomic E-state index is 12.4. The summed E-state index contributed by atoms with van der Waals surface area (Å²) in [5.41, 5.74) is 9.38. The van der Waals surface area contributed by atoms with Gasteiger partial charge in [0.25, 0.3) is 0 Å². The number of amides is 1. The minimum absolute atomic E-state index is 0.157. The molecule has 1 aliphatic heterocycles. The van der Waals surface area contributed by atoms with Gasteiger partial charge in [-0.05, 0) is 92.4 Å². The standard InChI is InChI=1S/C30H34Cl2N2O/c31-28-12-11-25(21-29(28)32)26(20-27(30(33)35)24-9-5-2-6-10-24)15-18-34-16-13-23(14-17-34)19-22-7-3-1-4-8-22/h1-12,21,23,26-27H,13-20H2,(H2,33,35). The lowest BCUT2D eigenvalue weighted by atomic mass is 9.82. The van der Waals surface area contributed by atoms with E-state index < -0.39 is 0 Å². The van der Waals surface area contributed by atoms with Crippen molar-refractivity contribution in [2.45, 2.75) is 43.9 Å². The first-order valence-electron chi connectivity index (χ1n) is 12.5. The van der Waals surface area contributed by atoms with Gasteiger partial charge in [-0.15, -0.1) is 0 Å². The van der Waals surface area contributed by atoms with Crippen LogP contribution in [0.1, 0.15) is 54.2 Å². The predicted molar refractivity (Wildman–Crippen MR) is 146 cm³/mol. The SMILES string of the molecule is NC(=O)C(CC(CCN1CCC(Cc2ccccc2)CC1)c1ccc(Cl)c(Cl)c1)c1ccccc1. The molecule has 1 amide bonds. The van der Waals surface area contributed by atoms with Gasteiger partial charge in [0.2, 0.25) is 5.91 Å². The molecule has 1 heterocycles. The van der Waals surface area contributed by atoms with Gasteiger partial charge in [0.1, 0.15) is 0 Å². The topological polar surface area (TPSA) is 46.3 Å². The Morgan fingerprint density at radius 1 is 0.886 bits per heavy atom. The molecule has 3 nitrogen and oxygen atoms in total. The average molecular weight is 510 g/mol. The number of hydrogen-bond donors (Lipinski definition) is 1. The monoisotopic (exact) mass is 508 g/mol. The number of nitrogens with zero attached hydrogens (tertiary/aromatic N) is 1. The molecular formula is C30H34Cl2N2O. The average Bonchev–Trinajstić information content (AvgIpc) is 2.88. The lowest BCUT2D eigenvalue weighted by Gasteiger charge is -2.33. The van der Waals surface area contributed by atoms with E-state index in [0.29, 0.717) is 16.5 Å². The van der Waals surface area contributed by atoms with Crippen LogP contribution < -0.4 is 5.73 Å². The van der Waals surface area contributed by atoms with Gasteiger partial charge in [-0.2, -0.15) is 0 Å². The van der Waals surface area contributed by atoms with E-state index in [1.165, 1.54) is 18.4 Å². The number of hydrogen-bond acceptors (Lipinski definition) is 2. The molecule has 3 aromatic carbocycles. The highest BCUT2D eigenvalue weighted by Gasteiger charge is 2.26. The Bertz CT molecular complexity index is 1080. The van der Waals surface area contributed by atoms with E-state index in [2.05, 4.69) is 35.2 Å². The lowest BCUT2D eigenvalue weighted by molar-refractivity contribution is -0.119. The van der Waals surface area contributed by atoms with Crippen molar-refractivity contribution in [1.82, 2.24) is 4.90 Å². The third-order valence-corrected chi connectivity index (χ3v) is 8.09. The third-order valence-electron chi connectivity index (χ3n) is 7.35. The molecule has 4 rings (SSSR count). The second-order valence-corrected chi connectivity index (χ2v) is 10.5. The van der Waals surface area contributed by atoms with Crippen LogP contribution in [0.15, 0.2) is 78.9 Å². The summed E-state index contributed by atoms with van der Waals surface area (Å²) in [6.45, 7) is 3.22. The number of nitrogens with two attached hydrogens (primary N) is 1. The molecule has 3 aromatic rings. The number of carbonyl (C=O) groups is 1. The van der Waals surface area contributed by atoms with Crippen LogP contribution in [0.2, 0.25) is 10.0 Å². The van der Waals surface area contributed by atoms with E-state index in [-0.39, 0.29) is 17.7 Å². The summed E-state index contributed by atoms with van der Waals surface area (Å²) in [7, 11) is 0. The van der Waals surface area contributed by atoms with Gasteiger partial charge in [-0.3, -0.25) is 4.79 Å². The zero-order valence-corrected chi connectivity index (χ0v) is 21.6. The number of piperidine rings is 1. The van der Waals surface area contributed by atoms with Gasteiger partial charge >= 0.3 is 0 Å². The first kappa shape index (κ1) is 25.8. The van der Waals surface area contributed by atoms with Gasteiger partial charge in [0, 0.05) is 0 Å². The van der Waals surface area contributed by atoms with E-state index in [0.717, 1.165) is 49.5 Å². The molecule has 5 heteroatoms. The molecule has 1 fully saturated rings. The molecule has 1 aliphatic rings. The minimum Gasteiger partial charge on any atom is -0.369 e. The normalized spacial score (nSPS) is 16.6. The van der Waals surface area contributed by atoms with Gasteiger partial charge in [0.15, 0.2) is 0 Å². The molecule has 184 valence electrons. The van der Waals surface area contributed by atoms with Crippen LogP contribution >= 0.6 is 23.2 Å². The molecule has 1 saturated heterocycles. The van der Waals surface area contributed by atoms with Crippen molar-refractivity contribution in [3.63, 3.8) is 0 Å². The minimum atomic E-state index is -0.340. The highest BCUT2D eigenvalue weighted by Crippen LogP contribution is 2.35. The van der Waals surface area contributed by atoms with Crippen LogP contribution in [0.5, 0.6) is 0 Å². The summed E-state index contributed by atoms with van der Waals surface area (Å²) in [5.74, 6) is 0.275. The van der Waals surface area contributed by atoms with Crippen molar-refractivity contribution in [2.24, 2.45) is 11.7 Å². The van der Waals surface area contributed by atoms with Gasteiger partial charge < -0.3 is 10.6 Å². The Hall–Kier alpha value is -2.33. The first-order valence-corrected chi connectivity index (χ1v) is 13.3. The fourth-order valence-corrected chi connectivity index (χ4v) is 5.58. The number of likely N-dealkylation sites (tertiary alicyclic amines) is 1. The van der Waals surface area contributed by atoms with Crippen LogP contribution in [-0.2, 0) is 11.2 Å².